The van der Waals surface area contributed by atoms with Crippen molar-refractivity contribution in [1.29, 1.82) is 0 Å². The van der Waals surface area contributed by atoms with E-state index in [1.165, 1.54) is 0 Å². The van der Waals surface area contributed by atoms with Crippen LogP contribution in [-0.4, -0.2) is 22.5 Å². The van der Waals surface area contributed by atoms with Crippen molar-refractivity contribution in [3.8, 4) is 0 Å². The van der Waals surface area contributed by atoms with Crippen molar-refractivity contribution in [2.24, 2.45) is 7.05 Å². The predicted molar refractivity (Wildman–Crippen MR) is 58.8 cm³/mol. The van der Waals surface area contributed by atoms with Crippen LogP contribution in [0, 0.1) is 6.92 Å². The number of pyridine rings is 1. The summed E-state index contributed by atoms with van der Waals surface area (Å²) in [6.45, 7) is 1.92. The van der Waals surface area contributed by atoms with Crippen molar-refractivity contribution in [2.75, 3.05) is 7.05 Å². The van der Waals surface area contributed by atoms with Crippen LogP contribution in [0.5, 0.6) is 0 Å². The van der Waals surface area contributed by atoms with Crippen molar-refractivity contribution < 1.29 is 4.79 Å². The monoisotopic (exact) mass is 203 g/mol. The van der Waals surface area contributed by atoms with Gasteiger partial charge in [-0.1, -0.05) is 0 Å². The van der Waals surface area contributed by atoms with Gasteiger partial charge in [0.2, 0.25) is 0 Å². The second-order valence-corrected chi connectivity index (χ2v) is 3.58. The fourth-order valence-electron chi connectivity index (χ4n) is 1.70. The Kier molecular flexibility index (Phi) is 2.19. The molecule has 2 aromatic rings. The van der Waals surface area contributed by atoms with Gasteiger partial charge >= 0.3 is 0 Å². The van der Waals surface area contributed by atoms with Crippen LogP contribution in [0.4, 0.5) is 0 Å². The Bertz CT molecular complexity index is 528. The lowest BCUT2D eigenvalue weighted by molar-refractivity contribution is 0.0964. The Morgan fingerprint density at radius 1 is 1.53 bits per heavy atom. The molecule has 0 radical (unpaired) electrons. The van der Waals surface area contributed by atoms with Gasteiger partial charge in [0.05, 0.1) is 17.3 Å². The van der Waals surface area contributed by atoms with E-state index in [2.05, 4.69) is 10.3 Å². The van der Waals surface area contributed by atoms with Crippen molar-refractivity contribution in [1.82, 2.24) is 14.9 Å². The molecule has 0 aliphatic heterocycles. The zero-order valence-electron chi connectivity index (χ0n) is 9.03. The van der Waals surface area contributed by atoms with Gasteiger partial charge in [-0.25, -0.2) is 0 Å². The van der Waals surface area contributed by atoms with Crippen LogP contribution in [0.25, 0.3) is 10.9 Å². The summed E-state index contributed by atoms with van der Waals surface area (Å²) in [4.78, 5) is 15.8. The molecule has 4 nitrogen and oxygen atoms in total. The van der Waals surface area contributed by atoms with Crippen LogP contribution < -0.4 is 5.32 Å². The molecule has 78 valence electrons. The van der Waals surface area contributed by atoms with Gasteiger partial charge in [0.1, 0.15) is 0 Å². The van der Waals surface area contributed by atoms with Crippen LogP contribution in [0.15, 0.2) is 18.5 Å². The first-order chi connectivity index (χ1) is 7.13. The van der Waals surface area contributed by atoms with Gasteiger partial charge in [0.25, 0.3) is 5.91 Å². The number of nitrogens with zero attached hydrogens (tertiary/aromatic N) is 2. The second kappa shape index (κ2) is 3.38. The third kappa shape index (κ3) is 1.48. The fraction of sp³-hybridized carbons (Fsp3) is 0.273. The number of aromatic nitrogens is 2. The molecule has 0 aliphatic rings. The highest BCUT2D eigenvalue weighted by Gasteiger charge is 2.12. The molecular formula is C11H13N3O. The van der Waals surface area contributed by atoms with E-state index in [1.807, 2.05) is 30.8 Å². The molecule has 0 unspecified atom stereocenters. The van der Waals surface area contributed by atoms with Crippen molar-refractivity contribution in [2.45, 2.75) is 6.92 Å². The van der Waals surface area contributed by atoms with E-state index in [0.29, 0.717) is 5.56 Å². The first kappa shape index (κ1) is 9.71. The number of aryl methyl sites for hydroxylation is 2. The van der Waals surface area contributed by atoms with E-state index in [-0.39, 0.29) is 5.91 Å². The number of nitrogens with one attached hydrogen (secondary N) is 1. The number of carbonyl (C=O) groups excluding carboxylic acids is 1. The summed E-state index contributed by atoms with van der Waals surface area (Å²) >= 11 is 0. The topological polar surface area (TPSA) is 46.9 Å². The standard InChI is InChI=1S/C11H13N3O/c1-7-4-8-9(11(15)12-2)6-14(3)10(8)5-13-7/h4-6H,1-3H3,(H,12,15). The van der Waals surface area contributed by atoms with Gasteiger partial charge in [-0.3, -0.25) is 9.78 Å². The molecule has 0 aliphatic carbocycles. The Morgan fingerprint density at radius 2 is 2.27 bits per heavy atom. The molecule has 1 N–H and O–H groups in total. The summed E-state index contributed by atoms with van der Waals surface area (Å²) in [5.74, 6) is -0.0637. The Labute approximate surface area is 87.9 Å². The smallest absolute Gasteiger partial charge is 0.253 e. The maximum absolute atomic E-state index is 11.6. The summed E-state index contributed by atoms with van der Waals surface area (Å²) in [5, 5.41) is 3.58. The number of carbonyl (C=O) groups is 1. The number of hydrogen-bond donors (Lipinski definition) is 1. The third-order valence-electron chi connectivity index (χ3n) is 2.48. The number of hydrogen-bond acceptors (Lipinski definition) is 2. The lowest BCUT2D eigenvalue weighted by Crippen LogP contribution is -2.17. The first-order valence-corrected chi connectivity index (χ1v) is 4.77. The third-order valence-corrected chi connectivity index (χ3v) is 2.48. The lowest BCUT2D eigenvalue weighted by Gasteiger charge is -1.97. The van der Waals surface area contributed by atoms with E-state index < -0.39 is 0 Å². The van der Waals surface area contributed by atoms with E-state index in [0.717, 1.165) is 16.6 Å². The lowest BCUT2D eigenvalue weighted by atomic mass is 10.2. The SMILES string of the molecule is CNC(=O)c1cn(C)c2cnc(C)cc12. The Hall–Kier alpha value is -1.84. The molecule has 0 bridgehead atoms. The zero-order chi connectivity index (χ0) is 11.0. The first-order valence-electron chi connectivity index (χ1n) is 4.77. The van der Waals surface area contributed by atoms with E-state index >= 15 is 0 Å². The minimum absolute atomic E-state index is 0.0637. The second-order valence-electron chi connectivity index (χ2n) is 3.58. The molecule has 15 heavy (non-hydrogen) atoms. The summed E-state index contributed by atoms with van der Waals surface area (Å²) < 4.78 is 1.91. The molecule has 0 fully saturated rings. The van der Waals surface area contributed by atoms with Gasteiger partial charge in [-0.15, -0.1) is 0 Å². The number of rotatable bonds is 1. The summed E-state index contributed by atoms with van der Waals surface area (Å²) in [7, 11) is 3.54. The maximum atomic E-state index is 11.6. The summed E-state index contributed by atoms with van der Waals surface area (Å²) in [6, 6.07) is 1.93. The van der Waals surface area contributed by atoms with Crippen molar-refractivity contribution in [3.05, 3.63) is 29.7 Å². The van der Waals surface area contributed by atoms with Gasteiger partial charge in [0.15, 0.2) is 0 Å². The van der Waals surface area contributed by atoms with Crippen LogP contribution in [0.2, 0.25) is 0 Å². The molecular weight excluding hydrogens is 190 g/mol. The Morgan fingerprint density at radius 3 is 2.93 bits per heavy atom. The molecule has 1 amide bonds. The quantitative estimate of drug-likeness (QED) is 0.758. The molecule has 0 saturated heterocycles. The van der Waals surface area contributed by atoms with Crippen LogP contribution in [0.3, 0.4) is 0 Å². The van der Waals surface area contributed by atoms with Crippen LogP contribution in [-0.2, 0) is 7.05 Å². The molecule has 2 rings (SSSR count). The molecule has 0 saturated carbocycles. The van der Waals surface area contributed by atoms with Crippen LogP contribution in [0.1, 0.15) is 16.1 Å². The highest BCUT2D eigenvalue weighted by atomic mass is 16.1. The molecule has 0 aromatic carbocycles. The summed E-state index contributed by atoms with van der Waals surface area (Å²) in [6.07, 6.45) is 3.61. The minimum atomic E-state index is -0.0637. The largest absolute Gasteiger partial charge is 0.355 e. The maximum Gasteiger partial charge on any atom is 0.253 e. The average molecular weight is 203 g/mol. The fourth-order valence-corrected chi connectivity index (χ4v) is 1.70. The van der Waals surface area contributed by atoms with Gasteiger partial charge in [-0.2, -0.15) is 0 Å². The molecule has 0 spiro atoms. The van der Waals surface area contributed by atoms with Gasteiger partial charge < -0.3 is 9.88 Å². The number of fused-ring (bicyclic) bond motifs is 1. The predicted octanol–water partition coefficient (Wildman–Crippen LogP) is 1.24. The molecule has 2 heterocycles. The summed E-state index contributed by atoms with van der Waals surface area (Å²) in [5.41, 5.74) is 2.58. The normalized spacial score (nSPS) is 10.6. The van der Waals surface area contributed by atoms with E-state index in [4.69, 9.17) is 0 Å². The van der Waals surface area contributed by atoms with Gasteiger partial charge in [-0.05, 0) is 13.0 Å². The zero-order valence-corrected chi connectivity index (χ0v) is 9.03. The van der Waals surface area contributed by atoms with Crippen LogP contribution >= 0.6 is 0 Å². The van der Waals surface area contributed by atoms with E-state index in [9.17, 15) is 4.79 Å². The minimum Gasteiger partial charge on any atom is -0.355 e. The average Bonchev–Trinajstić information content (AvgIpc) is 2.54. The number of amides is 1. The Balaban J connectivity index is 2.75. The highest BCUT2D eigenvalue weighted by Crippen LogP contribution is 2.20. The molecule has 0 atom stereocenters. The van der Waals surface area contributed by atoms with Crippen molar-refractivity contribution >= 4 is 16.8 Å². The highest BCUT2D eigenvalue weighted by molar-refractivity contribution is 6.06. The molecule has 4 heteroatoms. The van der Waals surface area contributed by atoms with Gasteiger partial charge in [0, 0.05) is 31.4 Å². The molecule has 2 aromatic heterocycles. The van der Waals surface area contributed by atoms with E-state index in [1.54, 1.807) is 13.2 Å². The van der Waals surface area contributed by atoms with Crippen molar-refractivity contribution in [3.63, 3.8) is 0 Å².